The minimum Gasteiger partial charge on any atom is -0.490 e. The standard InChI is InChI=1S/C25H27N3O3/c1-17-15-22(30-21-7-8-21)9-10-24(17)28-14-12-23(16-28)31-20-5-3-19(4-6-20)18(2)27-25(29)11-13-26/h3-6,9-10,15,21,23H,2,7-8,11-12,14,16H2,1H3,(H,27,29). The summed E-state index contributed by atoms with van der Waals surface area (Å²) in [5.41, 5.74) is 3.72. The zero-order valence-corrected chi connectivity index (χ0v) is 17.8. The number of nitrogens with one attached hydrogen (secondary N) is 1. The molecule has 1 N–H and O–H groups in total. The fourth-order valence-electron chi connectivity index (χ4n) is 3.76. The summed E-state index contributed by atoms with van der Waals surface area (Å²) in [4.78, 5) is 13.9. The van der Waals surface area contributed by atoms with E-state index in [1.807, 2.05) is 30.3 Å². The molecule has 0 spiro atoms. The molecule has 2 fully saturated rings. The Morgan fingerprint density at radius 2 is 1.84 bits per heavy atom. The van der Waals surface area contributed by atoms with Gasteiger partial charge in [-0.05, 0) is 73.4 Å². The summed E-state index contributed by atoms with van der Waals surface area (Å²) in [7, 11) is 0. The molecule has 0 aromatic heterocycles. The predicted molar refractivity (Wildman–Crippen MR) is 120 cm³/mol. The van der Waals surface area contributed by atoms with Crippen molar-refractivity contribution in [1.82, 2.24) is 5.32 Å². The van der Waals surface area contributed by atoms with Gasteiger partial charge in [-0.3, -0.25) is 4.79 Å². The molecule has 1 amide bonds. The van der Waals surface area contributed by atoms with Gasteiger partial charge in [0.2, 0.25) is 5.91 Å². The van der Waals surface area contributed by atoms with Crippen LogP contribution in [0.5, 0.6) is 11.5 Å². The second-order valence-corrected chi connectivity index (χ2v) is 8.13. The third kappa shape index (κ3) is 5.37. The van der Waals surface area contributed by atoms with Crippen LogP contribution in [0.25, 0.3) is 5.70 Å². The molecule has 2 aromatic rings. The molecule has 1 saturated heterocycles. The van der Waals surface area contributed by atoms with Gasteiger partial charge >= 0.3 is 0 Å². The second-order valence-electron chi connectivity index (χ2n) is 8.13. The van der Waals surface area contributed by atoms with Crippen LogP contribution in [-0.4, -0.2) is 31.2 Å². The molecule has 1 aliphatic heterocycles. The van der Waals surface area contributed by atoms with Crippen LogP contribution in [0.2, 0.25) is 0 Å². The van der Waals surface area contributed by atoms with Crippen molar-refractivity contribution in [2.45, 2.75) is 44.8 Å². The number of rotatable bonds is 8. The van der Waals surface area contributed by atoms with Crippen LogP contribution in [0, 0.1) is 18.3 Å². The minimum atomic E-state index is -0.360. The van der Waals surface area contributed by atoms with Crippen LogP contribution < -0.4 is 19.7 Å². The van der Waals surface area contributed by atoms with E-state index in [9.17, 15) is 4.79 Å². The maximum atomic E-state index is 11.5. The lowest BCUT2D eigenvalue weighted by Crippen LogP contribution is -2.25. The highest BCUT2D eigenvalue weighted by atomic mass is 16.5. The number of aryl methyl sites for hydroxylation is 1. The van der Waals surface area contributed by atoms with Crippen LogP contribution in [0.15, 0.2) is 49.0 Å². The Balaban J connectivity index is 1.31. The Labute approximate surface area is 183 Å². The zero-order chi connectivity index (χ0) is 21.8. The molecular formula is C25H27N3O3. The van der Waals surface area contributed by atoms with E-state index in [-0.39, 0.29) is 18.4 Å². The summed E-state index contributed by atoms with van der Waals surface area (Å²) in [6.45, 7) is 7.78. The molecule has 6 nitrogen and oxygen atoms in total. The Bertz CT molecular complexity index is 1010. The fourth-order valence-corrected chi connectivity index (χ4v) is 3.76. The molecule has 160 valence electrons. The number of hydrogen-bond donors (Lipinski definition) is 1. The second kappa shape index (κ2) is 9.13. The number of carbonyl (C=O) groups is 1. The van der Waals surface area contributed by atoms with E-state index >= 15 is 0 Å². The van der Waals surface area contributed by atoms with E-state index < -0.39 is 0 Å². The van der Waals surface area contributed by atoms with Crippen molar-refractivity contribution in [1.29, 1.82) is 5.26 Å². The topological polar surface area (TPSA) is 74.6 Å². The van der Waals surface area contributed by atoms with Crippen LogP contribution >= 0.6 is 0 Å². The van der Waals surface area contributed by atoms with Gasteiger partial charge in [-0.25, -0.2) is 0 Å². The maximum absolute atomic E-state index is 11.5. The Morgan fingerprint density at radius 1 is 1.13 bits per heavy atom. The lowest BCUT2D eigenvalue weighted by Gasteiger charge is -2.22. The molecule has 1 unspecified atom stereocenters. The molecule has 1 atom stereocenters. The summed E-state index contributed by atoms with van der Waals surface area (Å²) in [6, 6.07) is 15.7. The normalized spacial score (nSPS) is 17.7. The van der Waals surface area contributed by atoms with Gasteiger partial charge in [-0.15, -0.1) is 0 Å². The number of hydrogen-bond acceptors (Lipinski definition) is 5. The Hall–Kier alpha value is -3.46. The first-order valence-corrected chi connectivity index (χ1v) is 10.7. The number of amides is 1. The lowest BCUT2D eigenvalue weighted by molar-refractivity contribution is -0.118. The number of ether oxygens (including phenoxy) is 2. The molecular weight excluding hydrogens is 390 g/mol. The number of anilines is 1. The SMILES string of the molecule is C=C(NC(=O)CC#N)c1ccc(OC2CCN(c3ccc(OC4CC4)cc3C)C2)cc1. The monoisotopic (exact) mass is 417 g/mol. The van der Waals surface area contributed by atoms with Gasteiger partial charge in [0.1, 0.15) is 24.0 Å². The quantitative estimate of drug-likeness (QED) is 0.697. The van der Waals surface area contributed by atoms with Crippen molar-refractivity contribution < 1.29 is 14.3 Å². The highest BCUT2D eigenvalue weighted by Crippen LogP contribution is 2.32. The predicted octanol–water partition coefficient (Wildman–Crippen LogP) is 4.19. The summed E-state index contributed by atoms with van der Waals surface area (Å²) >= 11 is 0. The minimum absolute atomic E-state index is 0.117. The molecule has 1 heterocycles. The van der Waals surface area contributed by atoms with Gasteiger partial charge < -0.3 is 19.7 Å². The molecule has 1 aliphatic carbocycles. The van der Waals surface area contributed by atoms with E-state index in [0.717, 1.165) is 49.4 Å². The molecule has 1 saturated carbocycles. The average molecular weight is 418 g/mol. The van der Waals surface area contributed by atoms with Gasteiger partial charge in [0.05, 0.1) is 18.7 Å². The number of benzene rings is 2. The summed E-state index contributed by atoms with van der Waals surface area (Å²) < 4.78 is 12.1. The summed E-state index contributed by atoms with van der Waals surface area (Å²) in [5.74, 6) is 1.39. The lowest BCUT2D eigenvalue weighted by atomic mass is 10.1. The van der Waals surface area contributed by atoms with Crippen LogP contribution in [0.4, 0.5) is 5.69 Å². The largest absolute Gasteiger partial charge is 0.490 e. The van der Waals surface area contributed by atoms with E-state index in [0.29, 0.717) is 11.8 Å². The van der Waals surface area contributed by atoms with E-state index in [1.165, 1.54) is 11.3 Å². The third-order valence-electron chi connectivity index (χ3n) is 5.52. The Kier molecular flexibility index (Phi) is 6.13. The fraction of sp³-hybridized carbons (Fsp3) is 0.360. The van der Waals surface area contributed by atoms with Crippen molar-refractivity contribution in [2.24, 2.45) is 0 Å². The molecule has 2 aliphatic rings. The molecule has 6 heteroatoms. The van der Waals surface area contributed by atoms with E-state index in [2.05, 4.69) is 41.9 Å². The smallest absolute Gasteiger partial charge is 0.238 e. The van der Waals surface area contributed by atoms with Gasteiger partial charge in [0.25, 0.3) is 0 Å². The number of nitriles is 1. The van der Waals surface area contributed by atoms with Gasteiger partial charge in [-0.2, -0.15) is 5.26 Å². The van der Waals surface area contributed by atoms with Crippen LogP contribution in [-0.2, 0) is 4.79 Å². The van der Waals surface area contributed by atoms with E-state index in [1.54, 1.807) is 0 Å². The highest BCUT2D eigenvalue weighted by Gasteiger charge is 2.26. The zero-order valence-electron chi connectivity index (χ0n) is 17.8. The first-order valence-electron chi connectivity index (χ1n) is 10.7. The van der Waals surface area contributed by atoms with Gasteiger partial charge in [0.15, 0.2) is 0 Å². The average Bonchev–Trinajstić information content (AvgIpc) is 3.44. The number of nitrogens with zero attached hydrogens (tertiary/aromatic N) is 2. The third-order valence-corrected chi connectivity index (χ3v) is 5.52. The van der Waals surface area contributed by atoms with Crippen molar-refractivity contribution in [2.75, 3.05) is 18.0 Å². The number of carbonyl (C=O) groups excluding carboxylic acids is 1. The Morgan fingerprint density at radius 3 is 2.52 bits per heavy atom. The van der Waals surface area contributed by atoms with Crippen molar-refractivity contribution in [3.63, 3.8) is 0 Å². The molecule has 0 bridgehead atoms. The van der Waals surface area contributed by atoms with Crippen molar-refractivity contribution >= 4 is 17.3 Å². The van der Waals surface area contributed by atoms with Crippen molar-refractivity contribution in [3.8, 4) is 17.6 Å². The van der Waals surface area contributed by atoms with Gasteiger partial charge in [-0.1, -0.05) is 6.58 Å². The summed E-state index contributed by atoms with van der Waals surface area (Å²) in [5, 5.41) is 11.2. The van der Waals surface area contributed by atoms with Crippen LogP contribution in [0.3, 0.4) is 0 Å². The van der Waals surface area contributed by atoms with Crippen molar-refractivity contribution in [3.05, 3.63) is 60.2 Å². The highest BCUT2D eigenvalue weighted by molar-refractivity contribution is 5.87. The molecule has 4 rings (SSSR count). The maximum Gasteiger partial charge on any atom is 0.238 e. The van der Waals surface area contributed by atoms with Gasteiger partial charge in [0, 0.05) is 24.4 Å². The summed E-state index contributed by atoms with van der Waals surface area (Å²) in [6.07, 6.45) is 3.62. The molecule has 0 radical (unpaired) electrons. The molecule has 31 heavy (non-hydrogen) atoms. The van der Waals surface area contributed by atoms with E-state index in [4.69, 9.17) is 14.7 Å². The first kappa shape index (κ1) is 20.8. The first-order chi connectivity index (χ1) is 15.0. The van der Waals surface area contributed by atoms with Crippen LogP contribution in [0.1, 0.15) is 36.8 Å². The molecule has 2 aromatic carbocycles.